The molecule has 148 valence electrons. The van der Waals surface area contributed by atoms with Gasteiger partial charge in [-0.15, -0.1) is 0 Å². The summed E-state index contributed by atoms with van der Waals surface area (Å²) in [5.41, 5.74) is 2.74. The second kappa shape index (κ2) is 9.22. The topological polar surface area (TPSA) is 75.6 Å². The minimum Gasteiger partial charge on any atom is -0.478 e. The van der Waals surface area contributed by atoms with Crippen molar-refractivity contribution in [1.82, 2.24) is 5.32 Å². The first kappa shape index (κ1) is 21.2. The average molecular weight is 381 g/mol. The smallest absolute Gasteiger partial charge is 0.408 e. The van der Waals surface area contributed by atoms with Gasteiger partial charge in [-0.3, -0.25) is 0 Å². The van der Waals surface area contributed by atoms with Gasteiger partial charge in [0, 0.05) is 5.57 Å². The Labute approximate surface area is 166 Å². The summed E-state index contributed by atoms with van der Waals surface area (Å²) in [5.74, 6) is -1.02. The van der Waals surface area contributed by atoms with Crippen molar-refractivity contribution in [2.24, 2.45) is 0 Å². The summed E-state index contributed by atoms with van der Waals surface area (Å²) in [7, 11) is 0. The third-order valence-corrected chi connectivity index (χ3v) is 4.01. The molecule has 0 saturated carbocycles. The van der Waals surface area contributed by atoms with E-state index in [0.717, 1.165) is 16.7 Å². The molecule has 2 aromatic rings. The number of carboxylic acids is 1. The Morgan fingerprint density at radius 3 is 2.14 bits per heavy atom. The van der Waals surface area contributed by atoms with Crippen LogP contribution in [0.2, 0.25) is 0 Å². The SMILES string of the molecule is CC(=CC(Cc1ccc(-c2ccccc2)cc1)NC(=O)OC(C)(C)C)C(=O)O. The van der Waals surface area contributed by atoms with E-state index in [-0.39, 0.29) is 5.57 Å². The average Bonchev–Trinajstić information content (AvgIpc) is 2.61. The summed E-state index contributed by atoms with van der Waals surface area (Å²) in [5, 5.41) is 11.9. The lowest BCUT2D eigenvalue weighted by molar-refractivity contribution is -0.132. The zero-order valence-corrected chi connectivity index (χ0v) is 16.7. The van der Waals surface area contributed by atoms with Crippen molar-refractivity contribution in [3.63, 3.8) is 0 Å². The van der Waals surface area contributed by atoms with Crippen molar-refractivity contribution in [3.8, 4) is 11.1 Å². The van der Waals surface area contributed by atoms with Crippen LogP contribution in [-0.2, 0) is 16.0 Å². The highest BCUT2D eigenvalue weighted by atomic mass is 16.6. The summed E-state index contributed by atoms with van der Waals surface area (Å²) in [6, 6.07) is 17.5. The van der Waals surface area contributed by atoms with Crippen molar-refractivity contribution >= 4 is 12.1 Å². The van der Waals surface area contributed by atoms with E-state index in [1.54, 1.807) is 20.8 Å². The molecule has 28 heavy (non-hydrogen) atoms. The van der Waals surface area contributed by atoms with Crippen LogP contribution in [0, 0.1) is 0 Å². The van der Waals surface area contributed by atoms with Crippen LogP contribution in [0.5, 0.6) is 0 Å². The number of benzene rings is 2. The van der Waals surface area contributed by atoms with Gasteiger partial charge in [-0.05, 0) is 50.8 Å². The first-order valence-electron chi connectivity index (χ1n) is 9.19. The zero-order chi connectivity index (χ0) is 20.7. The summed E-state index contributed by atoms with van der Waals surface area (Å²) in [4.78, 5) is 23.3. The molecule has 0 aliphatic carbocycles. The van der Waals surface area contributed by atoms with Gasteiger partial charge in [-0.2, -0.15) is 0 Å². The van der Waals surface area contributed by atoms with Crippen LogP contribution in [0.1, 0.15) is 33.3 Å². The molecule has 0 heterocycles. The predicted molar refractivity (Wildman–Crippen MR) is 110 cm³/mol. The van der Waals surface area contributed by atoms with Crippen LogP contribution >= 0.6 is 0 Å². The number of alkyl carbamates (subject to hydrolysis) is 1. The number of amides is 1. The monoisotopic (exact) mass is 381 g/mol. The highest BCUT2D eigenvalue weighted by molar-refractivity contribution is 5.86. The van der Waals surface area contributed by atoms with E-state index < -0.39 is 23.7 Å². The number of carbonyl (C=O) groups excluding carboxylic acids is 1. The molecule has 0 bridgehead atoms. The second-order valence-corrected chi connectivity index (χ2v) is 7.67. The first-order chi connectivity index (χ1) is 13.1. The summed E-state index contributed by atoms with van der Waals surface area (Å²) < 4.78 is 5.30. The third kappa shape index (κ3) is 6.91. The van der Waals surface area contributed by atoms with E-state index in [4.69, 9.17) is 9.84 Å². The maximum Gasteiger partial charge on any atom is 0.408 e. The van der Waals surface area contributed by atoms with Crippen LogP contribution in [0.15, 0.2) is 66.2 Å². The van der Waals surface area contributed by atoms with Crippen LogP contribution in [0.3, 0.4) is 0 Å². The number of aliphatic carboxylic acids is 1. The molecule has 2 aromatic carbocycles. The molecule has 2 N–H and O–H groups in total. The van der Waals surface area contributed by atoms with Gasteiger partial charge in [0.25, 0.3) is 0 Å². The number of hydrogen-bond donors (Lipinski definition) is 2. The van der Waals surface area contributed by atoms with Crippen molar-refractivity contribution < 1.29 is 19.4 Å². The normalized spacial score (nSPS) is 12.9. The fourth-order valence-electron chi connectivity index (χ4n) is 2.70. The van der Waals surface area contributed by atoms with E-state index in [2.05, 4.69) is 5.32 Å². The van der Waals surface area contributed by atoms with Crippen molar-refractivity contribution in [2.45, 2.75) is 45.8 Å². The molecule has 0 spiro atoms. The standard InChI is InChI=1S/C23H27NO4/c1-16(21(25)26)14-20(24-22(27)28-23(2,3)4)15-17-10-12-19(13-11-17)18-8-6-5-7-9-18/h5-14,20H,15H2,1-4H3,(H,24,27)(H,25,26). The Morgan fingerprint density at radius 2 is 1.61 bits per heavy atom. The van der Waals surface area contributed by atoms with Gasteiger partial charge in [-0.25, -0.2) is 9.59 Å². The van der Waals surface area contributed by atoms with Crippen LogP contribution in [-0.4, -0.2) is 28.8 Å². The Bertz CT molecular complexity index is 833. The Morgan fingerprint density at radius 1 is 1.04 bits per heavy atom. The Hall–Kier alpha value is -3.08. The maximum absolute atomic E-state index is 12.1. The molecular weight excluding hydrogens is 354 g/mol. The van der Waals surface area contributed by atoms with Gasteiger partial charge in [0.2, 0.25) is 0 Å². The number of carboxylic acid groups (broad SMARTS) is 1. The largest absolute Gasteiger partial charge is 0.478 e. The second-order valence-electron chi connectivity index (χ2n) is 7.67. The number of carbonyl (C=O) groups is 2. The van der Waals surface area contributed by atoms with E-state index >= 15 is 0 Å². The van der Waals surface area contributed by atoms with Crippen molar-refractivity contribution in [1.29, 1.82) is 0 Å². The zero-order valence-electron chi connectivity index (χ0n) is 16.7. The van der Waals surface area contributed by atoms with E-state index in [1.807, 2.05) is 54.6 Å². The quantitative estimate of drug-likeness (QED) is 0.704. The van der Waals surface area contributed by atoms with Gasteiger partial charge in [0.1, 0.15) is 5.60 Å². The molecule has 0 fully saturated rings. The minimum atomic E-state index is -1.02. The van der Waals surface area contributed by atoms with Crippen LogP contribution in [0.25, 0.3) is 11.1 Å². The number of nitrogens with one attached hydrogen (secondary N) is 1. The van der Waals surface area contributed by atoms with Gasteiger partial charge in [0.05, 0.1) is 6.04 Å². The molecule has 0 radical (unpaired) electrons. The highest BCUT2D eigenvalue weighted by Crippen LogP contribution is 2.20. The lowest BCUT2D eigenvalue weighted by Crippen LogP contribution is -2.39. The molecule has 0 aliphatic rings. The molecule has 1 unspecified atom stereocenters. The van der Waals surface area contributed by atoms with Crippen molar-refractivity contribution in [3.05, 3.63) is 71.8 Å². The highest BCUT2D eigenvalue weighted by Gasteiger charge is 2.19. The first-order valence-corrected chi connectivity index (χ1v) is 9.19. The van der Waals surface area contributed by atoms with Crippen molar-refractivity contribution in [2.75, 3.05) is 0 Å². The maximum atomic E-state index is 12.1. The molecule has 5 heteroatoms. The van der Waals surface area contributed by atoms with Crippen LogP contribution < -0.4 is 5.32 Å². The molecule has 2 rings (SSSR count). The number of ether oxygens (including phenoxy) is 1. The molecule has 1 atom stereocenters. The van der Waals surface area contributed by atoms with Gasteiger partial charge < -0.3 is 15.2 Å². The van der Waals surface area contributed by atoms with Gasteiger partial charge >= 0.3 is 12.1 Å². The molecular formula is C23H27NO4. The Balaban J connectivity index is 2.16. The minimum absolute atomic E-state index is 0.168. The molecule has 1 amide bonds. The van der Waals surface area contributed by atoms with Crippen LogP contribution in [0.4, 0.5) is 4.79 Å². The lowest BCUT2D eigenvalue weighted by Gasteiger charge is -2.22. The molecule has 0 aromatic heterocycles. The Kier molecular flexibility index (Phi) is 6.99. The van der Waals surface area contributed by atoms with E-state index in [9.17, 15) is 9.59 Å². The van der Waals surface area contributed by atoms with E-state index in [1.165, 1.54) is 13.0 Å². The van der Waals surface area contributed by atoms with Gasteiger partial charge in [0.15, 0.2) is 0 Å². The lowest BCUT2D eigenvalue weighted by atomic mass is 10.00. The molecule has 5 nitrogen and oxygen atoms in total. The summed E-state index contributed by atoms with van der Waals surface area (Å²) >= 11 is 0. The predicted octanol–water partition coefficient (Wildman–Crippen LogP) is 4.82. The molecule has 0 aliphatic heterocycles. The number of rotatable bonds is 6. The summed E-state index contributed by atoms with van der Waals surface area (Å²) in [6.45, 7) is 6.84. The molecule has 0 saturated heterocycles. The number of hydrogen-bond acceptors (Lipinski definition) is 3. The fourth-order valence-corrected chi connectivity index (χ4v) is 2.70. The van der Waals surface area contributed by atoms with Gasteiger partial charge in [-0.1, -0.05) is 60.7 Å². The fraction of sp³-hybridized carbons (Fsp3) is 0.304. The summed E-state index contributed by atoms with van der Waals surface area (Å²) in [6.07, 6.45) is 1.42. The van der Waals surface area contributed by atoms with E-state index in [0.29, 0.717) is 6.42 Å². The third-order valence-electron chi connectivity index (χ3n) is 4.01.